The lowest BCUT2D eigenvalue weighted by Gasteiger charge is -2.02. The Morgan fingerprint density at radius 2 is 1.86 bits per heavy atom. The van der Waals surface area contributed by atoms with Gasteiger partial charge in [-0.3, -0.25) is 0 Å². The first-order valence-electron chi connectivity index (χ1n) is 2.49. The Kier molecular flexibility index (Phi) is 1.16. The first-order valence-corrected chi connectivity index (χ1v) is 2.49. The van der Waals surface area contributed by atoms with Crippen LogP contribution in [-0.2, 0) is 0 Å². The van der Waals surface area contributed by atoms with Crippen molar-refractivity contribution in [3.63, 3.8) is 0 Å². The minimum Gasteiger partial charge on any atom is -0.368 e. The standard InChI is InChI=1S/C6H9N/c1-6-2-4-7-5-3-6/h2-7H,1H3. The van der Waals surface area contributed by atoms with Crippen molar-refractivity contribution in [2.75, 3.05) is 0 Å². The van der Waals surface area contributed by atoms with Crippen molar-refractivity contribution in [1.29, 1.82) is 0 Å². The first kappa shape index (κ1) is 4.44. The fourth-order valence-corrected chi connectivity index (χ4v) is 0.534. The van der Waals surface area contributed by atoms with Crippen LogP contribution in [0.5, 0.6) is 0 Å². The highest BCUT2D eigenvalue weighted by Crippen LogP contribution is 1.99. The Labute approximate surface area is 43.7 Å². The van der Waals surface area contributed by atoms with Crippen LogP contribution in [0.4, 0.5) is 0 Å². The van der Waals surface area contributed by atoms with E-state index in [1.165, 1.54) is 0 Å². The summed E-state index contributed by atoms with van der Waals surface area (Å²) in [6.07, 6.45) is 8.12. The highest BCUT2D eigenvalue weighted by atomic mass is 14.8. The molecule has 1 heteroatoms. The number of dihydropyridines is 1. The molecule has 0 aromatic carbocycles. The molecule has 0 aromatic rings. The van der Waals surface area contributed by atoms with Gasteiger partial charge in [0.05, 0.1) is 0 Å². The van der Waals surface area contributed by atoms with Crippen molar-refractivity contribution >= 4 is 0 Å². The van der Waals surface area contributed by atoms with Gasteiger partial charge in [-0.25, -0.2) is 0 Å². The Bertz CT molecular complexity index is 90.7. The molecule has 1 aliphatic rings. The van der Waals surface area contributed by atoms with E-state index in [-0.39, 0.29) is 0 Å². The van der Waals surface area contributed by atoms with Gasteiger partial charge in [0, 0.05) is 0 Å². The van der Waals surface area contributed by atoms with Crippen molar-refractivity contribution in [3.05, 3.63) is 24.6 Å². The molecule has 0 radical (unpaired) electrons. The van der Waals surface area contributed by atoms with Gasteiger partial charge in [0.15, 0.2) is 0 Å². The van der Waals surface area contributed by atoms with Gasteiger partial charge in [-0.1, -0.05) is 19.1 Å². The summed E-state index contributed by atoms with van der Waals surface area (Å²) in [5, 5.41) is 2.95. The van der Waals surface area contributed by atoms with E-state index in [1.807, 2.05) is 12.4 Å². The molecule has 1 heterocycles. The molecule has 1 rings (SSSR count). The highest BCUT2D eigenvalue weighted by Gasteiger charge is 1.89. The minimum absolute atomic E-state index is 0.612. The van der Waals surface area contributed by atoms with Gasteiger partial charge in [-0.15, -0.1) is 0 Å². The topological polar surface area (TPSA) is 12.0 Å². The maximum Gasteiger partial charge on any atom is -0.00299 e. The van der Waals surface area contributed by atoms with Gasteiger partial charge in [0.25, 0.3) is 0 Å². The summed E-state index contributed by atoms with van der Waals surface area (Å²) < 4.78 is 0. The minimum atomic E-state index is 0.612. The molecule has 0 bridgehead atoms. The maximum absolute atomic E-state index is 2.95. The number of hydrogen-bond donors (Lipinski definition) is 1. The highest BCUT2D eigenvalue weighted by molar-refractivity contribution is 5.03. The predicted molar refractivity (Wildman–Crippen MR) is 30.6 cm³/mol. The molecule has 0 unspecified atom stereocenters. The quantitative estimate of drug-likeness (QED) is 0.477. The smallest absolute Gasteiger partial charge is 0.00299 e. The fraction of sp³-hybridized carbons (Fsp3) is 0.333. The van der Waals surface area contributed by atoms with Gasteiger partial charge in [-0.2, -0.15) is 0 Å². The van der Waals surface area contributed by atoms with Gasteiger partial charge in [0.2, 0.25) is 0 Å². The van der Waals surface area contributed by atoms with E-state index in [0.29, 0.717) is 5.92 Å². The normalized spacial score (nSPS) is 19.6. The van der Waals surface area contributed by atoms with Crippen molar-refractivity contribution in [1.82, 2.24) is 5.32 Å². The van der Waals surface area contributed by atoms with Crippen LogP contribution in [0.2, 0.25) is 0 Å². The predicted octanol–water partition coefficient (Wildman–Crippen LogP) is 1.25. The van der Waals surface area contributed by atoms with Crippen molar-refractivity contribution in [2.24, 2.45) is 5.92 Å². The summed E-state index contributed by atoms with van der Waals surface area (Å²) >= 11 is 0. The van der Waals surface area contributed by atoms with Crippen LogP contribution in [0, 0.1) is 5.92 Å². The van der Waals surface area contributed by atoms with Gasteiger partial charge < -0.3 is 5.32 Å². The first-order chi connectivity index (χ1) is 3.39. The van der Waals surface area contributed by atoms with E-state index in [4.69, 9.17) is 0 Å². The number of hydrogen-bond acceptors (Lipinski definition) is 1. The molecule has 1 nitrogen and oxygen atoms in total. The second kappa shape index (κ2) is 1.82. The van der Waals surface area contributed by atoms with Crippen LogP contribution in [0.15, 0.2) is 24.6 Å². The lowest BCUT2D eigenvalue weighted by Crippen LogP contribution is -1.99. The maximum atomic E-state index is 2.95. The largest absolute Gasteiger partial charge is 0.368 e. The summed E-state index contributed by atoms with van der Waals surface area (Å²) in [5.74, 6) is 0.612. The molecule has 0 saturated heterocycles. The monoisotopic (exact) mass is 95.1 g/mol. The Morgan fingerprint density at radius 3 is 2.14 bits per heavy atom. The molecule has 0 spiro atoms. The second-order valence-electron chi connectivity index (χ2n) is 1.74. The average Bonchev–Trinajstić information content (AvgIpc) is 1.69. The van der Waals surface area contributed by atoms with Gasteiger partial charge in [0.1, 0.15) is 0 Å². The van der Waals surface area contributed by atoms with E-state index in [2.05, 4.69) is 24.4 Å². The summed E-state index contributed by atoms with van der Waals surface area (Å²) in [4.78, 5) is 0. The molecule has 0 fully saturated rings. The molecule has 38 valence electrons. The lowest BCUT2D eigenvalue weighted by atomic mass is 10.1. The van der Waals surface area contributed by atoms with E-state index in [1.54, 1.807) is 0 Å². The van der Waals surface area contributed by atoms with Gasteiger partial charge >= 0.3 is 0 Å². The summed E-state index contributed by atoms with van der Waals surface area (Å²) in [6, 6.07) is 0. The van der Waals surface area contributed by atoms with E-state index < -0.39 is 0 Å². The summed E-state index contributed by atoms with van der Waals surface area (Å²) in [5.41, 5.74) is 0. The number of allylic oxidation sites excluding steroid dienone is 2. The Hall–Kier alpha value is -0.720. The molecule has 0 aromatic heterocycles. The lowest BCUT2D eigenvalue weighted by molar-refractivity contribution is 0.888. The molecule has 1 N–H and O–H groups in total. The average molecular weight is 95.1 g/mol. The molecule has 0 amide bonds. The zero-order valence-corrected chi connectivity index (χ0v) is 4.39. The number of rotatable bonds is 0. The van der Waals surface area contributed by atoms with Crippen molar-refractivity contribution < 1.29 is 0 Å². The fourth-order valence-electron chi connectivity index (χ4n) is 0.534. The molecule has 0 atom stereocenters. The van der Waals surface area contributed by atoms with Crippen LogP contribution >= 0.6 is 0 Å². The molecule has 7 heavy (non-hydrogen) atoms. The van der Waals surface area contributed by atoms with Crippen LogP contribution in [-0.4, -0.2) is 0 Å². The van der Waals surface area contributed by atoms with Gasteiger partial charge in [-0.05, 0) is 18.3 Å². The van der Waals surface area contributed by atoms with Crippen LogP contribution in [0.1, 0.15) is 6.92 Å². The summed E-state index contributed by atoms with van der Waals surface area (Å²) in [7, 11) is 0. The molecular weight excluding hydrogens is 86.1 g/mol. The zero-order chi connectivity index (χ0) is 5.11. The second-order valence-corrected chi connectivity index (χ2v) is 1.74. The third kappa shape index (κ3) is 1.07. The number of nitrogens with one attached hydrogen (secondary N) is 1. The van der Waals surface area contributed by atoms with Crippen molar-refractivity contribution in [3.8, 4) is 0 Å². The third-order valence-electron chi connectivity index (χ3n) is 0.992. The third-order valence-corrected chi connectivity index (χ3v) is 0.992. The SMILES string of the molecule is CC1C=CNC=C1. The summed E-state index contributed by atoms with van der Waals surface area (Å²) in [6.45, 7) is 2.15. The molecule has 0 saturated carbocycles. The van der Waals surface area contributed by atoms with Crippen LogP contribution in [0.25, 0.3) is 0 Å². The molecule has 0 aliphatic carbocycles. The van der Waals surface area contributed by atoms with E-state index in [0.717, 1.165) is 0 Å². The Morgan fingerprint density at radius 1 is 1.29 bits per heavy atom. The zero-order valence-electron chi connectivity index (χ0n) is 4.39. The van der Waals surface area contributed by atoms with Crippen LogP contribution in [0.3, 0.4) is 0 Å². The molecule has 1 aliphatic heterocycles. The van der Waals surface area contributed by atoms with E-state index >= 15 is 0 Å². The van der Waals surface area contributed by atoms with Crippen LogP contribution < -0.4 is 5.32 Å². The van der Waals surface area contributed by atoms with Crippen molar-refractivity contribution in [2.45, 2.75) is 6.92 Å². The van der Waals surface area contributed by atoms with E-state index in [9.17, 15) is 0 Å². The Balaban J connectivity index is 2.49. The molecular formula is C6H9N.